The number of halogens is 4. The van der Waals surface area contributed by atoms with Gasteiger partial charge in [-0.15, -0.1) is 0 Å². The first-order valence-electron chi connectivity index (χ1n) is 7.86. The van der Waals surface area contributed by atoms with Crippen LogP contribution in [-0.4, -0.2) is 16.7 Å². The van der Waals surface area contributed by atoms with Crippen molar-refractivity contribution in [2.45, 2.75) is 25.1 Å². The predicted octanol–water partition coefficient (Wildman–Crippen LogP) is 5.64. The Morgan fingerprint density at radius 3 is 2.56 bits per heavy atom. The summed E-state index contributed by atoms with van der Waals surface area (Å²) in [6, 6.07) is 6.94. The Balaban J connectivity index is 1.90. The number of non-ortho nitro benzene ring substituents is 1. The van der Waals surface area contributed by atoms with E-state index in [2.05, 4.69) is 0 Å². The van der Waals surface area contributed by atoms with Gasteiger partial charge < -0.3 is 9.47 Å². The molecule has 0 fully saturated rings. The highest BCUT2D eigenvalue weighted by Crippen LogP contribution is 2.44. The lowest BCUT2D eigenvalue weighted by Gasteiger charge is -2.35. The Kier molecular flexibility index (Phi) is 4.54. The molecule has 1 heterocycles. The average molecular weight is 383 g/mol. The largest absolute Gasteiger partial charge is 0.473 e. The normalized spacial score (nSPS) is 18.6. The van der Waals surface area contributed by atoms with Gasteiger partial charge in [0.25, 0.3) is 5.69 Å². The topological polar surface area (TPSA) is 61.6 Å². The van der Waals surface area contributed by atoms with Crippen molar-refractivity contribution < 1.29 is 32.0 Å². The lowest BCUT2D eigenvalue weighted by Crippen LogP contribution is -2.49. The molecule has 0 spiro atoms. The summed E-state index contributed by atoms with van der Waals surface area (Å²) in [5.74, 6) is -1.30. The van der Waals surface area contributed by atoms with E-state index in [0.717, 1.165) is 18.2 Å². The molecule has 142 valence electrons. The molecule has 9 heteroatoms. The van der Waals surface area contributed by atoms with Crippen LogP contribution in [0, 0.1) is 15.9 Å². The molecule has 0 aromatic heterocycles. The van der Waals surface area contributed by atoms with E-state index < -0.39 is 28.2 Å². The lowest BCUT2D eigenvalue weighted by atomic mass is 9.95. The van der Waals surface area contributed by atoms with Crippen LogP contribution >= 0.6 is 0 Å². The third-order valence-corrected chi connectivity index (χ3v) is 4.17. The van der Waals surface area contributed by atoms with Crippen LogP contribution in [0.2, 0.25) is 0 Å². The Labute approximate surface area is 151 Å². The van der Waals surface area contributed by atoms with E-state index >= 15 is 0 Å². The molecule has 0 N–H and O–H groups in total. The second kappa shape index (κ2) is 6.57. The number of ether oxygens (including phenoxy) is 2. The molecule has 0 saturated carbocycles. The number of nitro groups is 1. The third kappa shape index (κ3) is 3.44. The lowest BCUT2D eigenvalue weighted by molar-refractivity contribution is -0.385. The molecule has 27 heavy (non-hydrogen) atoms. The summed E-state index contributed by atoms with van der Waals surface area (Å²) in [4.78, 5) is 9.88. The van der Waals surface area contributed by atoms with Gasteiger partial charge in [-0.05, 0) is 30.7 Å². The monoisotopic (exact) mass is 383 g/mol. The molecule has 3 rings (SSSR count). The van der Waals surface area contributed by atoms with Crippen molar-refractivity contribution in [3.63, 3.8) is 0 Å². The van der Waals surface area contributed by atoms with Crippen molar-refractivity contribution in [2.24, 2.45) is 0 Å². The van der Waals surface area contributed by atoms with Gasteiger partial charge in [-0.2, -0.15) is 13.2 Å². The van der Waals surface area contributed by atoms with Crippen LogP contribution in [0.3, 0.4) is 0 Å². The molecule has 2 aromatic rings. The summed E-state index contributed by atoms with van der Waals surface area (Å²) >= 11 is 0. The molecule has 0 radical (unpaired) electrons. The molecule has 1 aliphatic rings. The standard InChI is InChI=1S/C18H13F4NO4/c1-2-17(18(20,21)22)8-7-11-3-5-13(10-16(11)27-17)26-15-6-4-12(23(24)25)9-14(15)19/h3-10H,2H2,1H3. The minimum absolute atomic E-state index is 0.0315. The minimum atomic E-state index is -4.61. The van der Waals surface area contributed by atoms with Crippen LogP contribution in [0.1, 0.15) is 18.9 Å². The van der Waals surface area contributed by atoms with Gasteiger partial charge in [0.15, 0.2) is 11.6 Å². The Morgan fingerprint density at radius 2 is 1.96 bits per heavy atom. The van der Waals surface area contributed by atoms with E-state index in [-0.39, 0.29) is 23.7 Å². The number of alkyl halides is 3. The highest BCUT2D eigenvalue weighted by molar-refractivity contribution is 5.63. The number of nitrogens with zero attached hydrogens (tertiary/aromatic N) is 1. The van der Waals surface area contributed by atoms with E-state index in [1.807, 2.05) is 0 Å². The summed E-state index contributed by atoms with van der Waals surface area (Å²) in [6.45, 7) is 1.36. The van der Waals surface area contributed by atoms with Crippen molar-refractivity contribution >= 4 is 11.8 Å². The molecule has 1 unspecified atom stereocenters. The molecule has 5 nitrogen and oxygen atoms in total. The Bertz CT molecular complexity index is 926. The highest BCUT2D eigenvalue weighted by Gasteiger charge is 2.55. The maximum absolute atomic E-state index is 13.9. The second-order valence-corrected chi connectivity index (χ2v) is 5.85. The van der Waals surface area contributed by atoms with Gasteiger partial charge in [0.05, 0.1) is 11.0 Å². The minimum Gasteiger partial charge on any atom is -0.473 e. The van der Waals surface area contributed by atoms with Crippen LogP contribution in [0.15, 0.2) is 42.5 Å². The van der Waals surface area contributed by atoms with Crippen LogP contribution in [-0.2, 0) is 0 Å². The number of nitro benzene ring substituents is 1. The highest BCUT2D eigenvalue weighted by atomic mass is 19.4. The first-order chi connectivity index (χ1) is 12.6. The SMILES string of the molecule is CCC1(C(F)(F)F)C=Cc2ccc(Oc3ccc([N+](=O)[O-])cc3F)cc2O1. The molecule has 2 aromatic carbocycles. The number of hydrogen-bond acceptors (Lipinski definition) is 4. The maximum atomic E-state index is 13.9. The van der Waals surface area contributed by atoms with Crippen molar-refractivity contribution in [2.75, 3.05) is 0 Å². The fraction of sp³-hybridized carbons (Fsp3) is 0.222. The van der Waals surface area contributed by atoms with Crippen molar-refractivity contribution in [1.29, 1.82) is 0 Å². The fourth-order valence-electron chi connectivity index (χ4n) is 2.61. The van der Waals surface area contributed by atoms with E-state index in [0.29, 0.717) is 11.6 Å². The zero-order chi connectivity index (χ0) is 19.8. The summed E-state index contributed by atoms with van der Waals surface area (Å²) in [5.41, 5.74) is -2.48. The Hall–Kier alpha value is -3.10. The van der Waals surface area contributed by atoms with Crippen molar-refractivity contribution in [3.05, 3.63) is 64.0 Å². The van der Waals surface area contributed by atoms with Crippen molar-refractivity contribution in [1.82, 2.24) is 0 Å². The van der Waals surface area contributed by atoms with Gasteiger partial charge in [0, 0.05) is 17.7 Å². The summed E-state index contributed by atoms with van der Waals surface area (Å²) < 4.78 is 64.6. The number of fused-ring (bicyclic) bond motifs is 1. The zero-order valence-electron chi connectivity index (χ0n) is 13.9. The Morgan fingerprint density at radius 1 is 1.22 bits per heavy atom. The van der Waals surface area contributed by atoms with E-state index in [1.54, 1.807) is 0 Å². The van der Waals surface area contributed by atoms with E-state index in [4.69, 9.17) is 9.47 Å². The van der Waals surface area contributed by atoms with E-state index in [1.165, 1.54) is 31.2 Å². The van der Waals surface area contributed by atoms with Crippen LogP contribution in [0.4, 0.5) is 23.2 Å². The van der Waals surface area contributed by atoms with Gasteiger partial charge in [0.2, 0.25) is 5.60 Å². The molecule has 1 atom stereocenters. The van der Waals surface area contributed by atoms with Gasteiger partial charge in [-0.3, -0.25) is 10.1 Å². The molecule has 0 aliphatic carbocycles. The molecular weight excluding hydrogens is 370 g/mol. The van der Waals surface area contributed by atoms with Gasteiger partial charge in [-0.1, -0.05) is 13.0 Å². The molecular formula is C18H13F4NO4. The van der Waals surface area contributed by atoms with Crippen LogP contribution in [0.5, 0.6) is 17.2 Å². The quantitative estimate of drug-likeness (QED) is 0.389. The van der Waals surface area contributed by atoms with Gasteiger partial charge in [-0.25, -0.2) is 4.39 Å². The predicted molar refractivity (Wildman–Crippen MR) is 88.3 cm³/mol. The zero-order valence-corrected chi connectivity index (χ0v) is 13.9. The average Bonchev–Trinajstić information content (AvgIpc) is 2.61. The van der Waals surface area contributed by atoms with Crippen LogP contribution in [0.25, 0.3) is 6.08 Å². The second-order valence-electron chi connectivity index (χ2n) is 5.85. The summed E-state index contributed by atoms with van der Waals surface area (Å²) in [6.07, 6.45) is -2.66. The summed E-state index contributed by atoms with van der Waals surface area (Å²) in [7, 11) is 0. The summed E-state index contributed by atoms with van der Waals surface area (Å²) in [5, 5.41) is 10.6. The number of hydrogen-bond donors (Lipinski definition) is 0. The molecule has 0 amide bonds. The number of benzene rings is 2. The first-order valence-corrected chi connectivity index (χ1v) is 7.86. The molecule has 1 aliphatic heterocycles. The number of rotatable bonds is 4. The first kappa shape index (κ1) is 18.7. The van der Waals surface area contributed by atoms with Crippen LogP contribution < -0.4 is 9.47 Å². The van der Waals surface area contributed by atoms with Crippen molar-refractivity contribution in [3.8, 4) is 17.2 Å². The fourth-order valence-corrected chi connectivity index (χ4v) is 2.61. The molecule has 0 bridgehead atoms. The maximum Gasteiger partial charge on any atom is 0.432 e. The third-order valence-electron chi connectivity index (χ3n) is 4.17. The van der Waals surface area contributed by atoms with Gasteiger partial charge in [0.1, 0.15) is 11.5 Å². The van der Waals surface area contributed by atoms with E-state index in [9.17, 15) is 27.7 Å². The van der Waals surface area contributed by atoms with Gasteiger partial charge >= 0.3 is 6.18 Å². The molecule has 0 saturated heterocycles. The smallest absolute Gasteiger partial charge is 0.432 e.